The molecule has 1 heterocycles. The van der Waals surface area contributed by atoms with Crippen LogP contribution in [0.2, 0.25) is 0 Å². The van der Waals surface area contributed by atoms with Crippen LogP contribution in [0.5, 0.6) is 5.75 Å². The van der Waals surface area contributed by atoms with Crippen molar-refractivity contribution in [3.63, 3.8) is 0 Å². The molecule has 9 heteroatoms. The largest absolute Gasteiger partial charge is 0.484 e. The number of aromatic nitrogens is 3. The van der Waals surface area contributed by atoms with Crippen molar-refractivity contribution in [2.75, 3.05) is 6.61 Å². The van der Waals surface area contributed by atoms with Crippen LogP contribution >= 0.6 is 0 Å². The van der Waals surface area contributed by atoms with E-state index in [1.165, 1.54) is 6.33 Å². The molecule has 31 heavy (non-hydrogen) atoms. The number of aromatic amines is 1. The van der Waals surface area contributed by atoms with Crippen molar-refractivity contribution >= 4 is 11.9 Å². The van der Waals surface area contributed by atoms with Crippen LogP contribution in [0.25, 0.3) is 0 Å². The smallest absolute Gasteiger partial charge is 0.315 e. The molecule has 9 nitrogen and oxygen atoms in total. The second-order valence-electron chi connectivity index (χ2n) is 7.32. The summed E-state index contributed by atoms with van der Waals surface area (Å²) in [5.74, 6) is 1.00. The highest BCUT2D eigenvalue weighted by Crippen LogP contribution is 2.19. The highest BCUT2D eigenvalue weighted by atomic mass is 16.5. The maximum atomic E-state index is 12.5. The molecule has 3 amide bonds. The average molecular weight is 420 g/mol. The Kier molecular flexibility index (Phi) is 6.41. The van der Waals surface area contributed by atoms with Crippen LogP contribution in [0, 0.1) is 0 Å². The second-order valence-corrected chi connectivity index (χ2v) is 7.32. The predicted molar refractivity (Wildman–Crippen MR) is 113 cm³/mol. The zero-order valence-electron chi connectivity index (χ0n) is 16.9. The van der Waals surface area contributed by atoms with E-state index in [9.17, 15) is 9.59 Å². The first kappa shape index (κ1) is 20.4. The van der Waals surface area contributed by atoms with E-state index >= 15 is 0 Å². The maximum Gasteiger partial charge on any atom is 0.315 e. The fraction of sp³-hybridized carbons (Fsp3) is 0.273. The quantitative estimate of drug-likeness (QED) is 0.422. The molecular weight excluding hydrogens is 396 g/mol. The lowest BCUT2D eigenvalue weighted by molar-refractivity contribution is -0.123. The van der Waals surface area contributed by atoms with Crippen LogP contribution in [0.4, 0.5) is 4.79 Å². The van der Waals surface area contributed by atoms with Crippen molar-refractivity contribution < 1.29 is 14.3 Å². The lowest BCUT2D eigenvalue weighted by atomic mass is 10.1. The fourth-order valence-electron chi connectivity index (χ4n) is 3.06. The standard InChI is InChI=1S/C22H24N6O3/c29-19(26-17-9-10-17)13-31-18-8-4-5-15(11-18)12-23-22(30)27-20(21-24-14-25-28-21)16-6-2-1-3-7-16/h1-8,11,14,17,20H,9-10,12-13H2,(H,26,29)(H2,23,27,30)(H,24,25,28). The molecule has 1 saturated carbocycles. The van der Waals surface area contributed by atoms with Gasteiger partial charge in [-0.15, -0.1) is 0 Å². The van der Waals surface area contributed by atoms with Crippen LogP contribution in [0.15, 0.2) is 60.9 Å². The molecule has 1 aliphatic rings. The highest BCUT2D eigenvalue weighted by molar-refractivity contribution is 5.78. The second kappa shape index (κ2) is 9.75. The first-order valence-corrected chi connectivity index (χ1v) is 10.1. The van der Waals surface area contributed by atoms with Crippen molar-refractivity contribution in [3.05, 3.63) is 77.9 Å². The van der Waals surface area contributed by atoms with Gasteiger partial charge >= 0.3 is 6.03 Å². The summed E-state index contributed by atoms with van der Waals surface area (Å²) in [6, 6.07) is 16.3. The topological polar surface area (TPSA) is 121 Å². The monoisotopic (exact) mass is 420 g/mol. The van der Waals surface area contributed by atoms with Gasteiger partial charge in [-0.3, -0.25) is 9.89 Å². The number of nitrogens with one attached hydrogen (secondary N) is 4. The molecule has 1 aromatic heterocycles. The number of benzene rings is 2. The van der Waals surface area contributed by atoms with Gasteiger partial charge in [-0.25, -0.2) is 9.78 Å². The van der Waals surface area contributed by atoms with Crippen LogP contribution in [0.3, 0.4) is 0 Å². The van der Waals surface area contributed by atoms with Crippen molar-refractivity contribution in [1.29, 1.82) is 0 Å². The number of carbonyl (C=O) groups excluding carboxylic acids is 2. The molecule has 1 fully saturated rings. The molecule has 2 aromatic carbocycles. The predicted octanol–water partition coefficient (Wildman–Crippen LogP) is 2.05. The minimum Gasteiger partial charge on any atom is -0.484 e. The third-order valence-electron chi connectivity index (χ3n) is 4.78. The summed E-state index contributed by atoms with van der Waals surface area (Å²) in [5, 5.41) is 15.3. The Bertz CT molecular complexity index is 1010. The molecule has 0 saturated heterocycles. The summed E-state index contributed by atoms with van der Waals surface area (Å²) >= 11 is 0. The number of carbonyl (C=O) groups is 2. The number of hydrogen-bond acceptors (Lipinski definition) is 5. The van der Waals surface area contributed by atoms with Crippen LogP contribution in [-0.4, -0.2) is 39.8 Å². The van der Waals surface area contributed by atoms with Crippen molar-refractivity contribution in [2.24, 2.45) is 0 Å². The molecule has 0 aliphatic heterocycles. The molecular formula is C22H24N6O3. The average Bonchev–Trinajstić information content (AvgIpc) is 3.44. The Morgan fingerprint density at radius 1 is 1.13 bits per heavy atom. The van der Waals surface area contributed by atoms with Gasteiger partial charge in [0.15, 0.2) is 12.4 Å². The minimum absolute atomic E-state index is 0.0240. The van der Waals surface area contributed by atoms with E-state index < -0.39 is 6.04 Å². The summed E-state index contributed by atoms with van der Waals surface area (Å²) in [5.41, 5.74) is 1.74. The molecule has 0 spiro atoms. The van der Waals surface area contributed by atoms with E-state index in [-0.39, 0.29) is 18.5 Å². The SMILES string of the molecule is O=C(COc1cccc(CNC(=O)NC(c2ccccc2)c2ncn[nH]2)c1)NC1CC1. The zero-order valence-corrected chi connectivity index (χ0v) is 16.9. The number of urea groups is 1. The Hall–Kier alpha value is -3.88. The lowest BCUT2D eigenvalue weighted by Gasteiger charge is -2.17. The summed E-state index contributed by atoms with van der Waals surface area (Å²) < 4.78 is 5.56. The Morgan fingerprint density at radius 2 is 1.97 bits per heavy atom. The molecule has 4 rings (SSSR count). The van der Waals surface area contributed by atoms with Gasteiger partial charge in [0, 0.05) is 12.6 Å². The van der Waals surface area contributed by atoms with E-state index in [4.69, 9.17) is 4.74 Å². The lowest BCUT2D eigenvalue weighted by Crippen LogP contribution is -2.38. The van der Waals surface area contributed by atoms with Crippen molar-refractivity contribution in [3.8, 4) is 5.75 Å². The zero-order chi connectivity index (χ0) is 21.5. The van der Waals surface area contributed by atoms with E-state index in [0.717, 1.165) is 24.0 Å². The van der Waals surface area contributed by atoms with Crippen LogP contribution in [-0.2, 0) is 11.3 Å². The minimum atomic E-state index is -0.455. The third kappa shape index (κ3) is 6.05. The molecule has 1 unspecified atom stereocenters. The Labute approximate surface area is 179 Å². The molecule has 0 radical (unpaired) electrons. The van der Waals surface area contributed by atoms with E-state index in [2.05, 4.69) is 31.1 Å². The number of amides is 3. The summed E-state index contributed by atoms with van der Waals surface area (Å²) in [6.07, 6.45) is 3.48. The maximum absolute atomic E-state index is 12.5. The Balaban J connectivity index is 1.31. The summed E-state index contributed by atoms with van der Waals surface area (Å²) in [4.78, 5) is 28.5. The van der Waals surface area contributed by atoms with Crippen LogP contribution in [0.1, 0.15) is 35.8 Å². The number of H-pyrrole nitrogens is 1. The third-order valence-corrected chi connectivity index (χ3v) is 4.78. The number of rotatable bonds is 9. The van der Waals surface area contributed by atoms with Crippen molar-refractivity contribution in [2.45, 2.75) is 31.5 Å². The van der Waals surface area contributed by atoms with E-state index in [1.807, 2.05) is 42.5 Å². The first-order chi connectivity index (χ1) is 15.2. The fourth-order valence-corrected chi connectivity index (χ4v) is 3.06. The molecule has 0 bridgehead atoms. The van der Waals surface area contributed by atoms with Crippen molar-refractivity contribution in [1.82, 2.24) is 31.1 Å². The molecule has 4 N–H and O–H groups in total. The van der Waals surface area contributed by atoms with Gasteiger partial charge in [-0.05, 0) is 36.1 Å². The van der Waals surface area contributed by atoms with Gasteiger partial charge in [-0.1, -0.05) is 42.5 Å². The summed E-state index contributed by atoms with van der Waals surface area (Å²) in [6.45, 7) is 0.277. The number of ether oxygens (including phenoxy) is 1. The van der Waals surface area contributed by atoms with E-state index in [1.54, 1.807) is 12.1 Å². The molecule has 3 aromatic rings. The summed E-state index contributed by atoms with van der Waals surface area (Å²) in [7, 11) is 0. The number of nitrogens with zero attached hydrogens (tertiary/aromatic N) is 2. The highest BCUT2D eigenvalue weighted by Gasteiger charge is 2.23. The van der Waals surface area contributed by atoms with Gasteiger partial charge in [-0.2, -0.15) is 5.10 Å². The molecule has 1 aliphatic carbocycles. The van der Waals surface area contributed by atoms with Gasteiger partial charge in [0.25, 0.3) is 5.91 Å². The van der Waals surface area contributed by atoms with Gasteiger partial charge in [0.2, 0.25) is 0 Å². The Morgan fingerprint density at radius 3 is 2.71 bits per heavy atom. The normalized spacial score (nSPS) is 13.8. The van der Waals surface area contributed by atoms with Gasteiger partial charge < -0.3 is 20.7 Å². The van der Waals surface area contributed by atoms with Gasteiger partial charge in [0.1, 0.15) is 18.1 Å². The number of hydrogen-bond donors (Lipinski definition) is 4. The van der Waals surface area contributed by atoms with E-state index in [0.29, 0.717) is 24.2 Å². The van der Waals surface area contributed by atoms with Crippen LogP contribution < -0.4 is 20.7 Å². The van der Waals surface area contributed by atoms with Gasteiger partial charge in [0.05, 0.1) is 0 Å². The first-order valence-electron chi connectivity index (χ1n) is 10.1. The molecule has 160 valence electrons. The molecule has 1 atom stereocenters.